The van der Waals surface area contributed by atoms with Crippen molar-refractivity contribution >= 4 is 15.5 Å². The molecule has 1 saturated heterocycles. The molecule has 2 rings (SSSR count). The maximum atomic E-state index is 11.4. The Labute approximate surface area is 96.2 Å². The summed E-state index contributed by atoms with van der Waals surface area (Å²) in [6.45, 7) is 3.34. The van der Waals surface area contributed by atoms with Crippen molar-refractivity contribution in [1.82, 2.24) is 4.98 Å². The van der Waals surface area contributed by atoms with Gasteiger partial charge in [0.15, 0.2) is 9.84 Å². The number of hydrogen-bond donors (Lipinski definition) is 0. The van der Waals surface area contributed by atoms with Crippen molar-refractivity contribution in [1.29, 1.82) is 0 Å². The van der Waals surface area contributed by atoms with Gasteiger partial charge in [0.1, 0.15) is 0 Å². The topological polar surface area (TPSA) is 50.3 Å². The Hall–Kier alpha value is -1.10. The van der Waals surface area contributed by atoms with Gasteiger partial charge >= 0.3 is 0 Å². The summed E-state index contributed by atoms with van der Waals surface area (Å²) in [6.07, 6.45) is 3.80. The molecule has 0 saturated carbocycles. The van der Waals surface area contributed by atoms with Crippen LogP contribution in [0.5, 0.6) is 0 Å². The van der Waals surface area contributed by atoms with Crippen LogP contribution in [0.1, 0.15) is 12.1 Å². The molecule has 0 N–H and O–H groups in total. The third-order valence-corrected chi connectivity index (χ3v) is 4.59. The summed E-state index contributed by atoms with van der Waals surface area (Å²) in [4.78, 5) is 6.25. The fourth-order valence-electron chi connectivity index (χ4n) is 2.04. The third kappa shape index (κ3) is 2.35. The van der Waals surface area contributed by atoms with E-state index in [1.165, 1.54) is 6.26 Å². The zero-order valence-electron chi connectivity index (χ0n) is 9.55. The van der Waals surface area contributed by atoms with E-state index in [4.69, 9.17) is 0 Å². The molecule has 4 nitrogen and oxygen atoms in total. The van der Waals surface area contributed by atoms with Crippen molar-refractivity contribution in [2.24, 2.45) is 0 Å². The van der Waals surface area contributed by atoms with E-state index in [9.17, 15) is 8.42 Å². The molecule has 5 heteroatoms. The molecule has 1 aliphatic rings. The predicted molar refractivity (Wildman–Crippen MR) is 64.4 cm³/mol. The van der Waals surface area contributed by atoms with Crippen molar-refractivity contribution in [2.45, 2.75) is 18.6 Å². The highest BCUT2D eigenvalue weighted by Gasteiger charge is 2.30. The molecule has 1 aromatic rings. The fourth-order valence-corrected chi connectivity index (χ4v) is 3.02. The normalized spacial score (nSPS) is 21.4. The molecule has 0 amide bonds. The molecule has 0 bridgehead atoms. The zero-order valence-corrected chi connectivity index (χ0v) is 10.4. The van der Waals surface area contributed by atoms with Crippen LogP contribution in [0, 0.1) is 6.92 Å². The predicted octanol–water partition coefficient (Wildman–Crippen LogP) is 1.01. The average molecular weight is 240 g/mol. The van der Waals surface area contributed by atoms with Gasteiger partial charge in [0.25, 0.3) is 0 Å². The van der Waals surface area contributed by atoms with E-state index >= 15 is 0 Å². The molecular formula is C11H16N2O2S. The van der Waals surface area contributed by atoms with Crippen LogP contribution >= 0.6 is 0 Å². The Bertz CT molecular complexity index is 485. The quantitative estimate of drug-likeness (QED) is 0.774. The molecular weight excluding hydrogens is 224 g/mol. The number of aryl methyl sites for hydroxylation is 1. The second-order valence-electron chi connectivity index (χ2n) is 4.34. The Balaban J connectivity index is 2.15. The molecule has 1 aliphatic heterocycles. The number of rotatable bonds is 2. The first kappa shape index (κ1) is 11.4. The number of hydrogen-bond acceptors (Lipinski definition) is 4. The van der Waals surface area contributed by atoms with Gasteiger partial charge in [0, 0.05) is 36.9 Å². The molecule has 0 aliphatic carbocycles. The van der Waals surface area contributed by atoms with Crippen LogP contribution in [0.25, 0.3) is 0 Å². The van der Waals surface area contributed by atoms with Gasteiger partial charge in [0.05, 0.1) is 5.25 Å². The third-order valence-electron chi connectivity index (χ3n) is 3.00. The fraction of sp³-hybridized carbons (Fsp3) is 0.545. The van der Waals surface area contributed by atoms with Gasteiger partial charge in [0.2, 0.25) is 0 Å². The molecule has 0 radical (unpaired) electrons. The van der Waals surface area contributed by atoms with Crippen LogP contribution in [0.2, 0.25) is 0 Å². The smallest absolute Gasteiger partial charge is 0.152 e. The summed E-state index contributed by atoms with van der Waals surface area (Å²) in [7, 11) is -2.91. The van der Waals surface area contributed by atoms with Crippen molar-refractivity contribution in [3.05, 3.63) is 24.0 Å². The maximum Gasteiger partial charge on any atom is 0.152 e. The van der Waals surface area contributed by atoms with Crippen LogP contribution in [0.3, 0.4) is 0 Å². The Morgan fingerprint density at radius 1 is 1.50 bits per heavy atom. The highest BCUT2D eigenvalue weighted by molar-refractivity contribution is 7.91. The molecule has 2 heterocycles. The van der Waals surface area contributed by atoms with Crippen LogP contribution < -0.4 is 4.90 Å². The average Bonchev–Trinajstić information content (AvgIpc) is 2.65. The van der Waals surface area contributed by atoms with E-state index in [-0.39, 0.29) is 5.25 Å². The van der Waals surface area contributed by atoms with E-state index < -0.39 is 9.84 Å². The summed E-state index contributed by atoms with van der Waals surface area (Å²) in [5.41, 5.74) is 2.03. The first-order valence-electron chi connectivity index (χ1n) is 5.33. The lowest BCUT2D eigenvalue weighted by Gasteiger charge is -2.18. The number of anilines is 1. The molecule has 1 atom stereocenters. The lowest BCUT2D eigenvalue weighted by Crippen LogP contribution is -2.26. The monoisotopic (exact) mass is 240 g/mol. The van der Waals surface area contributed by atoms with Gasteiger partial charge in [-0.25, -0.2) is 8.42 Å². The van der Waals surface area contributed by atoms with Crippen molar-refractivity contribution in [2.75, 3.05) is 24.2 Å². The van der Waals surface area contributed by atoms with E-state index in [0.717, 1.165) is 24.3 Å². The zero-order chi connectivity index (χ0) is 11.8. The van der Waals surface area contributed by atoms with Crippen molar-refractivity contribution < 1.29 is 8.42 Å². The molecule has 1 unspecified atom stereocenters. The summed E-state index contributed by atoms with van der Waals surface area (Å²) >= 11 is 0. The van der Waals surface area contributed by atoms with Crippen LogP contribution in [-0.2, 0) is 9.84 Å². The molecule has 0 spiro atoms. The van der Waals surface area contributed by atoms with E-state index in [1.807, 2.05) is 19.1 Å². The lowest BCUT2D eigenvalue weighted by atomic mass is 10.3. The summed E-state index contributed by atoms with van der Waals surface area (Å²) in [5, 5.41) is -0.221. The van der Waals surface area contributed by atoms with E-state index in [2.05, 4.69) is 9.88 Å². The molecule has 1 aromatic heterocycles. The molecule has 16 heavy (non-hydrogen) atoms. The minimum absolute atomic E-state index is 0.221. The summed E-state index contributed by atoms with van der Waals surface area (Å²) in [6, 6.07) is 3.92. The SMILES string of the molecule is Cc1cc(N2CCC(S(C)(=O)=O)C2)ccn1. The van der Waals surface area contributed by atoms with Crippen LogP contribution in [0.15, 0.2) is 18.3 Å². The lowest BCUT2D eigenvalue weighted by molar-refractivity contribution is 0.589. The van der Waals surface area contributed by atoms with Crippen molar-refractivity contribution in [3.63, 3.8) is 0 Å². The number of nitrogens with zero attached hydrogens (tertiary/aromatic N) is 2. The second-order valence-corrected chi connectivity index (χ2v) is 6.67. The summed E-state index contributed by atoms with van der Waals surface area (Å²) < 4.78 is 22.9. The van der Waals surface area contributed by atoms with Gasteiger partial charge in [-0.15, -0.1) is 0 Å². The summed E-state index contributed by atoms with van der Waals surface area (Å²) in [5.74, 6) is 0. The number of sulfone groups is 1. The Morgan fingerprint density at radius 2 is 2.25 bits per heavy atom. The second kappa shape index (κ2) is 4.05. The Morgan fingerprint density at radius 3 is 2.81 bits per heavy atom. The minimum Gasteiger partial charge on any atom is -0.370 e. The highest BCUT2D eigenvalue weighted by Crippen LogP contribution is 2.23. The Kier molecular flexibility index (Phi) is 2.88. The first-order valence-corrected chi connectivity index (χ1v) is 7.29. The molecule has 0 aromatic carbocycles. The largest absolute Gasteiger partial charge is 0.370 e. The molecule has 1 fully saturated rings. The van der Waals surface area contributed by atoms with Gasteiger partial charge in [-0.2, -0.15) is 0 Å². The standard InChI is InChI=1S/C11H16N2O2S/c1-9-7-10(3-5-12-9)13-6-4-11(8-13)16(2,14)15/h3,5,7,11H,4,6,8H2,1-2H3. The highest BCUT2D eigenvalue weighted by atomic mass is 32.2. The maximum absolute atomic E-state index is 11.4. The molecule has 88 valence electrons. The number of aromatic nitrogens is 1. The first-order chi connectivity index (χ1) is 7.47. The van der Waals surface area contributed by atoms with Crippen LogP contribution in [0.4, 0.5) is 5.69 Å². The van der Waals surface area contributed by atoms with E-state index in [1.54, 1.807) is 6.20 Å². The van der Waals surface area contributed by atoms with Gasteiger partial charge < -0.3 is 4.90 Å². The number of pyridine rings is 1. The van der Waals surface area contributed by atoms with Gasteiger partial charge in [-0.3, -0.25) is 4.98 Å². The van der Waals surface area contributed by atoms with E-state index in [0.29, 0.717) is 6.54 Å². The van der Waals surface area contributed by atoms with Crippen molar-refractivity contribution in [3.8, 4) is 0 Å². The van der Waals surface area contributed by atoms with Crippen LogP contribution in [-0.4, -0.2) is 38.0 Å². The minimum atomic E-state index is -2.91. The van der Waals surface area contributed by atoms with Gasteiger partial charge in [-0.1, -0.05) is 0 Å². The van der Waals surface area contributed by atoms with Gasteiger partial charge in [-0.05, 0) is 25.5 Å².